The lowest BCUT2D eigenvalue weighted by Crippen LogP contribution is -2.51. The van der Waals surface area contributed by atoms with E-state index in [1.807, 2.05) is 9.80 Å². The highest BCUT2D eigenvalue weighted by Gasteiger charge is 2.36. The molecule has 0 spiro atoms. The summed E-state index contributed by atoms with van der Waals surface area (Å²) in [6, 6.07) is -0.241. The van der Waals surface area contributed by atoms with E-state index in [0.29, 0.717) is 32.7 Å². The van der Waals surface area contributed by atoms with Crippen molar-refractivity contribution < 1.29 is 14.3 Å². The predicted octanol–water partition coefficient (Wildman–Crippen LogP) is 1.73. The van der Waals surface area contributed by atoms with Crippen molar-refractivity contribution in [2.75, 3.05) is 32.8 Å². The Hall–Kier alpha value is -1.36. The molecule has 22 heavy (non-hydrogen) atoms. The van der Waals surface area contributed by atoms with E-state index < -0.39 is 0 Å². The highest BCUT2D eigenvalue weighted by atomic mass is 16.5. The average molecular weight is 306 g/mol. The maximum absolute atomic E-state index is 12.7. The molecule has 1 atom stereocenters. The van der Waals surface area contributed by atoms with Gasteiger partial charge in [0.1, 0.15) is 6.04 Å². The first-order valence-corrected chi connectivity index (χ1v) is 8.59. The van der Waals surface area contributed by atoms with E-state index in [-0.39, 0.29) is 17.9 Å². The molecule has 2 fully saturated rings. The molecule has 3 aliphatic rings. The largest absolute Gasteiger partial charge is 0.378 e. The lowest BCUT2D eigenvalue weighted by molar-refractivity contribution is -0.146. The van der Waals surface area contributed by atoms with Crippen molar-refractivity contribution in [3.8, 4) is 0 Å². The van der Waals surface area contributed by atoms with Gasteiger partial charge in [0.25, 0.3) is 0 Å². The van der Waals surface area contributed by atoms with Crippen molar-refractivity contribution >= 4 is 11.8 Å². The summed E-state index contributed by atoms with van der Waals surface area (Å²) in [5.74, 6) is 0.254. The Labute approximate surface area is 132 Å². The Morgan fingerprint density at radius 1 is 1.14 bits per heavy atom. The third kappa shape index (κ3) is 3.51. The number of amides is 2. The summed E-state index contributed by atoms with van der Waals surface area (Å²) < 4.78 is 5.31. The molecule has 1 unspecified atom stereocenters. The molecule has 2 aliphatic heterocycles. The van der Waals surface area contributed by atoms with Crippen LogP contribution < -0.4 is 0 Å². The zero-order chi connectivity index (χ0) is 15.4. The van der Waals surface area contributed by atoms with Gasteiger partial charge in [-0.15, -0.1) is 0 Å². The SMILES string of the molecule is O=C(C1CCCN1C(=O)CC1=CCCCC1)N1CCOCC1. The van der Waals surface area contributed by atoms with Crippen molar-refractivity contribution in [1.82, 2.24) is 9.80 Å². The molecule has 1 aliphatic carbocycles. The Bertz CT molecular complexity index is 455. The number of morpholine rings is 1. The minimum atomic E-state index is -0.241. The van der Waals surface area contributed by atoms with Gasteiger partial charge in [0, 0.05) is 26.1 Å². The Balaban J connectivity index is 1.60. The number of likely N-dealkylation sites (tertiary alicyclic amines) is 1. The van der Waals surface area contributed by atoms with Gasteiger partial charge >= 0.3 is 0 Å². The molecule has 0 aromatic rings. The maximum Gasteiger partial charge on any atom is 0.245 e. The number of rotatable bonds is 3. The molecule has 5 nitrogen and oxygen atoms in total. The van der Waals surface area contributed by atoms with E-state index in [4.69, 9.17) is 4.74 Å². The minimum Gasteiger partial charge on any atom is -0.378 e. The van der Waals surface area contributed by atoms with Gasteiger partial charge < -0.3 is 14.5 Å². The number of nitrogens with zero attached hydrogens (tertiary/aromatic N) is 2. The number of carbonyl (C=O) groups is 2. The molecule has 2 saturated heterocycles. The summed E-state index contributed by atoms with van der Waals surface area (Å²) in [4.78, 5) is 29.0. The van der Waals surface area contributed by atoms with Crippen LogP contribution >= 0.6 is 0 Å². The summed E-state index contributed by atoms with van der Waals surface area (Å²) >= 11 is 0. The maximum atomic E-state index is 12.7. The molecule has 0 aromatic heterocycles. The van der Waals surface area contributed by atoms with Crippen molar-refractivity contribution in [3.05, 3.63) is 11.6 Å². The molecule has 0 aromatic carbocycles. The normalized spacial score (nSPS) is 26.0. The van der Waals surface area contributed by atoms with Crippen LogP contribution in [0.1, 0.15) is 44.9 Å². The van der Waals surface area contributed by atoms with E-state index in [9.17, 15) is 9.59 Å². The predicted molar refractivity (Wildman–Crippen MR) is 83.3 cm³/mol. The summed E-state index contributed by atoms with van der Waals surface area (Å²) in [5, 5.41) is 0. The lowest BCUT2D eigenvalue weighted by atomic mass is 9.96. The second-order valence-corrected chi connectivity index (χ2v) is 6.47. The fourth-order valence-electron chi connectivity index (χ4n) is 3.68. The van der Waals surface area contributed by atoms with Gasteiger partial charge in [-0.1, -0.05) is 11.6 Å². The smallest absolute Gasteiger partial charge is 0.245 e. The second-order valence-electron chi connectivity index (χ2n) is 6.47. The highest BCUT2D eigenvalue weighted by Crippen LogP contribution is 2.25. The monoisotopic (exact) mass is 306 g/mol. The molecule has 5 heteroatoms. The van der Waals surface area contributed by atoms with E-state index in [2.05, 4.69) is 6.08 Å². The Morgan fingerprint density at radius 2 is 1.95 bits per heavy atom. The first-order chi connectivity index (χ1) is 10.8. The number of ether oxygens (including phenoxy) is 1. The molecular weight excluding hydrogens is 280 g/mol. The second kappa shape index (κ2) is 7.27. The van der Waals surface area contributed by atoms with E-state index in [0.717, 1.165) is 32.2 Å². The first-order valence-electron chi connectivity index (χ1n) is 8.59. The fourth-order valence-corrected chi connectivity index (χ4v) is 3.68. The topological polar surface area (TPSA) is 49.9 Å². The van der Waals surface area contributed by atoms with E-state index in [1.165, 1.54) is 18.4 Å². The summed E-state index contributed by atoms with van der Waals surface area (Å²) in [6.45, 7) is 3.26. The summed E-state index contributed by atoms with van der Waals surface area (Å²) in [6.07, 6.45) is 9.03. The Morgan fingerprint density at radius 3 is 2.68 bits per heavy atom. The van der Waals surface area contributed by atoms with Crippen LogP contribution in [0, 0.1) is 0 Å². The molecule has 122 valence electrons. The zero-order valence-corrected chi connectivity index (χ0v) is 13.3. The first kappa shape index (κ1) is 15.5. The molecule has 2 heterocycles. The van der Waals surface area contributed by atoms with Crippen LogP contribution in [-0.4, -0.2) is 60.5 Å². The summed E-state index contributed by atoms with van der Waals surface area (Å²) in [7, 11) is 0. The molecule has 3 rings (SSSR count). The van der Waals surface area contributed by atoms with Gasteiger partial charge in [-0.05, 0) is 38.5 Å². The van der Waals surface area contributed by atoms with Gasteiger partial charge in [0.05, 0.1) is 13.2 Å². The van der Waals surface area contributed by atoms with Crippen LogP contribution in [0.15, 0.2) is 11.6 Å². The quantitative estimate of drug-likeness (QED) is 0.746. The van der Waals surface area contributed by atoms with Gasteiger partial charge in [-0.3, -0.25) is 9.59 Å². The number of hydrogen-bond acceptors (Lipinski definition) is 3. The minimum absolute atomic E-state index is 0.117. The number of hydrogen-bond donors (Lipinski definition) is 0. The fraction of sp³-hybridized carbons (Fsp3) is 0.765. The molecule has 0 saturated carbocycles. The third-order valence-electron chi connectivity index (χ3n) is 4.94. The molecule has 0 N–H and O–H groups in total. The zero-order valence-electron chi connectivity index (χ0n) is 13.3. The standard InChI is InChI=1S/C17H26N2O3/c20-16(13-14-5-2-1-3-6-14)19-8-4-7-15(19)17(21)18-9-11-22-12-10-18/h5,15H,1-4,6-13H2. The van der Waals surface area contributed by atoms with Gasteiger partial charge in [-0.25, -0.2) is 0 Å². The van der Waals surface area contributed by atoms with Crippen LogP contribution in [0.5, 0.6) is 0 Å². The third-order valence-corrected chi connectivity index (χ3v) is 4.94. The van der Waals surface area contributed by atoms with Crippen molar-refractivity contribution in [3.63, 3.8) is 0 Å². The van der Waals surface area contributed by atoms with Gasteiger partial charge in [0.2, 0.25) is 11.8 Å². The molecule has 0 radical (unpaired) electrons. The average Bonchev–Trinajstić information content (AvgIpc) is 3.05. The van der Waals surface area contributed by atoms with E-state index >= 15 is 0 Å². The number of carbonyl (C=O) groups excluding carboxylic acids is 2. The molecule has 0 bridgehead atoms. The Kier molecular flexibility index (Phi) is 5.13. The van der Waals surface area contributed by atoms with Crippen LogP contribution in [0.4, 0.5) is 0 Å². The van der Waals surface area contributed by atoms with Crippen LogP contribution in [0.25, 0.3) is 0 Å². The van der Waals surface area contributed by atoms with Crippen molar-refractivity contribution in [1.29, 1.82) is 0 Å². The molecular formula is C17H26N2O3. The van der Waals surface area contributed by atoms with Gasteiger partial charge in [0.15, 0.2) is 0 Å². The lowest BCUT2D eigenvalue weighted by Gasteiger charge is -2.32. The van der Waals surface area contributed by atoms with Crippen LogP contribution in [0.3, 0.4) is 0 Å². The van der Waals surface area contributed by atoms with E-state index in [1.54, 1.807) is 0 Å². The molecule has 2 amide bonds. The van der Waals surface area contributed by atoms with Crippen LogP contribution in [0.2, 0.25) is 0 Å². The van der Waals surface area contributed by atoms with Crippen molar-refractivity contribution in [2.24, 2.45) is 0 Å². The highest BCUT2D eigenvalue weighted by molar-refractivity contribution is 5.89. The summed E-state index contributed by atoms with van der Waals surface area (Å²) in [5.41, 5.74) is 1.26. The number of allylic oxidation sites excluding steroid dienone is 1. The van der Waals surface area contributed by atoms with Gasteiger partial charge in [-0.2, -0.15) is 0 Å². The van der Waals surface area contributed by atoms with Crippen molar-refractivity contribution in [2.45, 2.75) is 51.0 Å². The van der Waals surface area contributed by atoms with Crippen LogP contribution in [-0.2, 0) is 14.3 Å².